The standard InChI is InChI=1S/C5H5FN2O3/c6-8-1-3(2-9)4(10)7-5(8)11/h1,9H,2H2,(H,7,10,11). The van der Waals surface area contributed by atoms with Gasteiger partial charge in [0.05, 0.1) is 18.4 Å². The number of hydrogen-bond acceptors (Lipinski definition) is 3. The summed E-state index contributed by atoms with van der Waals surface area (Å²) in [5.41, 5.74) is -2.11. The molecule has 0 spiro atoms. The molecule has 0 fully saturated rings. The molecular formula is C5H5FN2O3. The zero-order chi connectivity index (χ0) is 8.43. The minimum atomic E-state index is -1.15. The molecule has 1 heterocycles. The molecule has 0 unspecified atom stereocenters. The van der Waals surface area contributed by atoms with Crippen LogP contribution < -0.4 is 11.2 Å². The maximum atomic E-state index is 12.3. The van der Waals surface area contributed by atoms with Crippen molar-refractivity contribution in [1.82, 2.24) is 9.77 Å². The van der Waals surface area contributed by atoms with Gasteiger partial charge >= 0.3 is 5.69 Å². The maximum Gasteiger partial charge on any atom is 0.356 e. The van der Waals surface area contributed by atoms with Crippen LogP contribution in [0.4, 0.5) is 4.48 Å². The first-order chi connectivity index (χ1) is 5.15. The smallest absolute Gasteiger partial charge is 0.356 e. The van der Waals surface area contributed by atoms with Crippen molar-refractivity contribution in [3.8, 4) is 0 Å². The summed E-state index contributed by atoms with van der Waals surface area (Å²) in [4.78, 5) is 22.4. The average molecular weight is 160 g/mol. The summed E-state index contributed by atoms with van der Waals surface area (Å²) in [6.45, 7) is -0.598. The lowest BCUT2D eigenvalue weighted by atomic mass is 10.4. The summed E-state index contributed by atoms with van der Waals surface area (Å²) >= 11 is 0. The molecule has 0 aromatic carbocycles. The molecule has 0 aliphatic rings. The van der Waals surface area contributed by atoms with Crippen LogP contribution in [0.5, 0.6) is 0 Å². The molecule has 1 aromatic rings. The maximum absolute atomic E-state index is 12.3. The van der Waals surface area contributed by atoms with E-state index < -0.39 is 17.9 Å². The van der Waals surface area contributed by atoms with Gasteiger partial charge in [0.25, 0.3) is 5.56 Å². The van der Waals surface area contributed by atoms with Gasteiger partial charge < -0.3 is 5.11 Å². The molecular weight excluding hydrogens is 155 g/mol. The molecule has 0 bridgehead atoms. The fourth-order valence-electron chi connectivity index (χ4n) is 0.598. The number of aromatic amines is 1. The van der Waals surface area contributed by atoms with Crippen molar-refractivity contribution in [3.05, 3.63) is 32.6 Å². The van der Waals surface area contributed by atoms with E-state index in [0.717, 1.165) is 0 Å². The van der Waals surface area contributed by atoms with Crippen LogP contribution in [-0.4, -0.2) is 14.9 Å². The fraction of sp³-hybridized carbons (Fsp3) is 0.200. The van der Waals surface area contributed by atoms with Gasteiger partial charge in [0.15, 0.2) is 0 Å². The van der Waals surface area contributed by atoms with Gasteiger partial charge in [-0.15, -0.1) is 4.79 Å². The molecule has 2 N–H and O–H groups in total. The van der Waals surface area contributed by atoms with Gasteiger partial charge in [-0.05, 0) is 0 Å². The third-order valence-corrected chi connectivity index (χ3v) is 1.15. The van der Waals surface area contributed by atoms with Crippen LogP contribution >= 0.6 is 0 Å². The van der Waals surface area contributed by atoms with Crippen LogP contribution in [0.15, 0.2) is 15.8 Å². The summed E-state index contributed by atoms with van der Waals surface area (Å²) in [5.74, 6) is 0. The lowest BCUT2D eigenvalue weighted by Crippen LogP contribution is -2.28. The number of aliphatic hydroxyl groups excluding tert-OH is 1. The number of halogens is 1. The Balaban J connectivity index is 3.45. The molecule has 0 aliphatic carbocycles. The van der Waals surface area contributed by atoms with E-state index in [-0.39, 0.29) is 10.4 Å². The summed E-state index contributed by atoms with van der Waals surface area (Å²) < 4.78 is 12.3. The topological polar surface area (TPSA) is 75.1 Å². The first-order valence-corrected chi connectivity index (χ1v) is 2.77. The molecule has 1 aromatic heterocycles. The van der Waals surface area contributed by atoms with E-state index in [1.54, 1.807) is 4.98 Å². The highest BCUT2D eigenvalue weighted by Crippen LogP contribution is 1.85. The second-order valence-electron chi connectivity index (χ2n) is 1.88. The highest BCUT2D eigenvalue weighted by molar-refractivity contribution is 5.01. The zero-order valence-corrected chi connectivity index (χ0v) is 5.37. The number of aliphatic hydroxyl groups is 1. The molecule has 60 valence electrons. The van der Waals surface area contributed by atoms with Gasteiger partial charge in [-0.1, -0.05) is 4.48 Å². The Labute approximate surface area is 59.7 Å². The van der Waals surface area contributed by atoms with Crippen LogP contribution in [0, 0.1) is 0 Å². The third kappa shape index (κ3) is 1.35. The van der Waals surface area contributed by atoms with Gasteiger partial charge in [0.2, 0.25) is 0 Å². The van der Waals surface area contributed by atoms with Gasteiger partial charge in [-0.25, -0.2) is 4.79 Å². The predicted molar refractivity (Wildman–Crippen MR) is 33.8 cm³/mol. The van der Waals surface area contributed by atoms with Crippen molar-refractivity contribution in [2.45, 2.75) is 6.61 Å². The zero-order valence-electron chi connectivity index (χ0n) is 5.37. The van der Waals surface area contributed by atoms with Crippen LogP contribution in [0.2, 0.25) is 0 Å². The van der Waals surface area contributed by atoms with E-state index in [1.165, 1.54) is 0 Å². The normalized spacial score (nSPS) is 10.0. The highest BCUT2D eigenvalue weighted by atomic mass is 19.2. The Morgan fingerprint density at radius 1 is 1.64 bits per heavy atom. The first-order valence-electron chi connectivity index (χ1n) is 2.77. The lowest BCUT2D eigenvalue weighted by molar-refractivity contribution is 0.271. The first kappa shape index (κ1) is 7.67. The second-order valence-corrected chi connectivity index (χ2v) is 1.88. The molecule has 0 saturated heterocycles. The van der Waals surface area contributed by atoms with Crippen LogP contribution in [0.3, 0.4) is 0 Å². The Bertz CT molecular complexity index is 367. The van der Waals surface area contributed by atoms with Crippen molar-refractivity contribution in [2.75, 3.05) is 0 Å². The van der Waals surface area contributed by atoms with E-state index in [1.807, 2.05) is 0 Å². The molecule has 1 rings (SSSR count). The largest absolute Gasteiger partial charge is 0.391 e. The summed E-state index contributed by atoms with van der Waals surface area (Å²) in [5, 5.41) is 8.43. The minimum absolute atomic E-state index is 0.188. The molecule has 0 amide bonds. The van der Waals surface area contributed by atoms with Gasteiger partial charge in [0.1, 0.15) is 0 Å². The van der Waals surface area contributed by atoms with Crippen molar-refractivity contribution in [3.63, 3.8) is 0 Å². The van der Waals surface area contributed by atoms with Crippen LogP contribution in [-0.2, 0) is 6.61 Å². The summed E-state index contributed by atoms with van der Waals surface area (Å²) in [6, 6.07) is 0. The number of H-pyrrole nitrogens is 1. The monoisotopic (exact) mass is 160 g/mol. The van der Waals surface area contributed by atoms with E-state index in [2.05, 4.69) is 0 Å². The number of hydrogen-bond donors (Lipinski definition) is 2. The SMILES string of the molecule is O=c1[nH]c(=O)n(F)cc1CO. The molecule has 0 saturated carbocycles. The van der Waals surface area contributed by atoms with Crippen LogP contribution in [0.1, 0.15) is 5.56 Å². The lowest BCUT2D eigenvalue weighted by Gasteiger charge is -1.93. The Hall–Kier alpha value is -1.43. The van der Waals surface area contributed by atoms with Crippen molar-refractivity contribution < 1.29 is 9.59 Å². The van der Waals surface area contributed by atoms with Gasteiger partial charge in [-0.3, -0.25) is 9.78 Å². The van der Waals surface area contributed by atoms with Crippen LogP contribution in [0.25, 0.3) is 0 Å². The molecule has 6 heteroatoms. The molecule has 11 heavy (non-hydrogen) atoms. The number of nitrogens with one attached hydrogen (secondary N) is 1. The predicted octanol–water partition coefficient (Wildman–Crippen LogP) is -1.24. The Morgan fingerprint density at radius 2 is 2.27 bits per heavy atom. The van der Waals surface area contributed by atoms with E-state index in [9.17, 15) is 14.1 Å². The minimum Gasteiger partial charge on any atom is -0.391 e. The number of rotatable bonds is 1. The second kappa shape index (κ2) is 2.67. The third-order valence-electron chi connectivity index (χ3n) is 1.15. The van der Waals surface area contributed by atoms with E-state index in [0.29, 0.717) is 6.20 Å². The fourth-order valence-corrected chi connectivity index (χ4v) is 0.598. The Kier molecular flexibility index (Phi) is 1.86. The van der Waals surface area contributed by atoms with Crippen molar-refractivity contribution in [2.24, 2.45) is 0 Å². The molecule has 0 atom stereocenters. The number of aromatic nitrogens is 2. The number of nitrogens with zero attached hydrogens (tertiary/aromatic N) is 1. The quantitative estimate of drug-likeness (QED) is 0.539. The summed E-state index contributed by atoms with van der Waals surface area (Å²) in [6.07, 6.45) is 0.640. The van der Waals surface area contributed by atoms with Crippen molar-refractivity contribution in [1.29, 1.82) is 0 Å². The average Bonchev–Trinajstić information content (AvgIpc) is 1.97. The molecule has 0 radical (unpaired) electrons. The van der Waals surface area contributed by atoms with E-state index in [4.69, 9.17) is 5.11 Å². The van der Waals surface area contributed by atoms with Gasteiger partial charge in [-0.2, -0.15) is 0 Å². The summed E-state index contributed by atoms with van der Waals surface area (Å²) in [7, 11) is 0. The molecule has 5 nitrogen and oxygen atoms in total. The molecule has 0 aliphatic heterocycles. The Morgan fingerprint density at radius 3 is 2.82 bits per heavy atom. The highest BCUT2D eigenvalue weighted by Gasteiger charge is 2.01. The van der Waals surface area contributed by atoms with Crippen molar-refractivity contribution >= 4 is 0 Å². The van der Waals surface area contributed by atoms with E-state index >= 15 is 0 Å². The van der Waals surface area contributed by atoms with Gasteiger partial charge in [0, 0.05) is 0 Å².